The largest absolute Gasteiger partial charge is 0.457 e. The minimum Gasteiger partial charge on any atom is -0.457 e. The molecule has 0 saturated carbocycles. The molecule has 0 aliphatic carbocycles. The fourth-order valence-electron chi connectivity index (χ4n) is 2.65. The highest BCUT2D eigenvalue weighted by Crippen LogP contribution is 2.43. The van der Waals surface area contributed by atoms with Crippen LogP contribution < -0.4 is 0 Å². The van der Waals surface area contributed by atoms with Gasteiger partial charge in [-0.2, -0.15) is 0 Å². The first-order chi connectivity index (χ1) is 9.20. The Morgan fingerprint density at radius 1 is 1.00 bits per heavy atom. The van der Waals surface area contributed by atoms with Crippen molar-refractivity contribution in [2.75, 3.05) is 0 Å². The van der Waals surface area contributed by atoms with E-state index in [9.17, 15) is 4.79 Å². The first kappa shape index (κ1) is 12.0. The highest BCUT2D eigenvalue weighted by molar-refractivity contribution is 5.85. The zero-order valence-electron chi connectivity index (χ0n) is 10.9. The molecule has 1 saturated heterocycles. The highest BCUT2D eigenvalue weighted by Gasteiger charge is 2.46. The van der Waals surface area contributed by atoms with Crippen LogP contribution in [0.25, 0.3) is 0 Å². The molecule has 0 bridgehead atoms. The number of benzene rings is 2. The summed E-state index contributed by atoms with van der Waals surface area (Å²) in [6.07, 6.45) is 0.554. The van der Waals surface area contributed by atoms with E-state index >= 15 is 0 Å². The van der Waals surface area contributed by atoms with Crippen LogP contribution in [0.2, 0.25) is 0 Å². The molecule has 2 aromatic rings. The lowest BCUT2D eigenvalue weighted by atomic mass is 9.79. The molecule has 1 aliphatic heterocycles. The molecule has 2 nitrogen and oxygen atoms in total. The Morgan fingerprint density at radius 2 is 1.58 bits per heavy atom. The minimum atomic E-state index is -0.540. The number of hydrogen-bond acceptors (Lipinski definition) is 2. The summed E-state index contributed by atoms with van der Waals surface area (Å²) in [5, 5.41) is 0. The molecular weight excluding hydrogens is 236 g/mol. The van der Waals surface area contributed by atoms with Crippen molar-refractivity contribution in [3.8, 4) is 0 Å². The van der Waals surface area contributed by atoms with E-state index in [0.29, 0.717) is 6.42 Å². The Kier molecular flexibility index (Phi) is 2.86. The van der Waals surface area contributed by atoms with E-state index < -0.39 is 5.41 Å². The topological polar surface area (TPSA) is 26.3 Å². The van der Waals surface area contributed by atoms with Gasteiger partial charge in [-0.05, 0) is 18.1 Å². The number of hydrogen-bond donors (Lipinski definition) is 0. The standard InChI is InChI=1S/C17H16O2/c1-17(14-10-6-3-7-11-14)12-15(19-16(17)18)13-8-4-2-5-9-13/h2-11,15H,12H2,1H3. The maximum Gasteiger partial charge on any atom is 0.317 e. The second-order valence-electron chi connectivity index (χ2n) is 5.21. The third-order valence-electron chi connectivity index (χ3n) is 3.88. The first-order valence-corrected chi connectivity index (χ1v) is 6.52. The van der Waals surface area contributed by atoms with Crippen LogP contribution in [0.1, 0.15) is 30.6 Å². The van der Waals surface area contributed by atoms with E-state index in [0.717, 1.165) is 11.1 Å². The maximum absolute atomic E-state index is 12.3. The highest BCUT2D eigenvalue weighted by atomic mass is 16.6. The van der Waals surface area contributed by atoms with Gasteiger partial charge in [-0.25, -0.2) is 0 Å². The van der Waals surface area contributed by atoms with Crippen LogP contribution in [-0.4, -0.2) is 5.97 Å². The van der Waals surface area contributed by atoms with Gasteiger partial charge in [0.25, 0.3) is 0 Å². The van der Waals surface area contributed by atoms with Crippen LogP contribution >= 0.6 is 0 Å². The summed E-state index contributed by atoms with van der Waals surface area (Å²) in [5.74, 6) is -0.132. The van der Waals surface area contributed by atoms with Gasteiger partial charge in [-0.15, -0.1) is 0 Å². The van der Waals surface area contributed by atoms with E-state index in [1.165, 1.54) is 0 Å². The fraction of sp³-hybridized carbons (Fsp3) is 0.235. The van der Waals surface area contributed by atoms with Crippen molar-refractivity contribution < 1.29 is 9.53 Å². The van der Waals surface area contributed by atoms with Crippen molar-refractivity contribution in [2.24, 2.45) is 0 Å². The lowest BCUT2D eigenvalue weighted by Gasteiger charge is -2.19. The molecule has 0 amide bonds. The van der Waals surface area contributed by atoms with Gasteiger partial charge in [-0.1, -0.05) is 60.7 Å². The van der Waals surface area contributed by atoms with Gasteiger partial charge in [0.05, 0.1) is 5.41 Å². The van der Waals surface area contributed by atoms with Gasteiger partial charge < -0.3 is 4.74 Å². The van der Waals surface area contributed by atoms with Crippen molar-refractivity contribution in [3.05, 3.63) is 71.8 Å². The fourth-order valence-corrected chi connectivity index (χ4v) is 2.65. The summed E-state index contributed by atoms with van der Waals surface area (Å²) in [7, 11) is 0. The van der Waals surface area contributed by atoms with Gasteiger partial charge in [0, 0.05) is 6.42 Å². The van der Waals surface area contributed by atoms with E-state index in [2.05, 4.69) is 0 Å². The summed E-state index contributed by atoms with van der Waals surface area (Å²) in [6, 6.07) is 19.8. The average Bonchev–Trinajstić information content (AvgIpc) is 2.78. The van der Waals surface area contributed by atoms with Crippen LogP contribution in [0.15, 0.2) is 60.7 Å². The van der Waals surface area contributed by atoms with E-state index in [-0.39, 0.29) is 12.1 Å². The van der Waals surface area contributed by atoms with E-state index in [4.69, 9.17) is 4.74 Å². The third-order valence-corrected chi connectivity index (χ3v) is 3.88. The molecule has 2 unspecified atom stereocenters. The molecule has 2 atom stereocenters. The lowest BCUT2D eigenvalue weighted by Crippen LogP contribution is -2.27. The quantitative estimate of drug-likeness (QED) is 0.763. The van der Waals surface area contributed by atoms with Crippen molar-refractivity contribution in [3.63, 3.8) is 0 Å². The van der Waals surface area contributed by atoms with Crippen molar-refractivity contribution >= 4 is 5.97 Å². The molecule has 2 heteroatoms. The Balaban J connectivity index is 1.92. The maximum atomic E-state index is 12.3. The van der Waals surface area contributed by atoms with Crippen LogP contribution in [0.4, 0.5) is 0 Å². The molecule has 1 heterocycles. The molecule has 1 aliphatic rings. The van der Waals surface area contributed by atoms with Gasteiger partial charge in [0.15, 0.2) is 0 Å². The molecule has 3 rings (SSSR count). The number of ether oxygens (including phenoxy) is 1. The van der Waals surface area contributed by atoms with Crippen molar-refractivity contribution in [1.29, 1.82) is 0 Å². The van der Waals surface area contributed by atoms with E-state index in [1.807, 2.05) is 67.6 Å². The number of carbonyl (C=O) groups excluding carboxylic acids is 1. The Bertz CT molecular complexity index is 577. The smallest absolute Gasteiger partial charge is 0.317 e. The number of carbonyl (C=O) groups is 1. The second-order valence-corrected chi connectivity index (χ2v) is 5.21. The SMILES string of the molecule is CC1(c2ccccc2)CC(c2ccccc2)OC1=O. The molecule has 0 radical (unpaired) electrons. The molecular formula is C17H16O2. The third kappa shape index (κ3) is 2.03. The van der Waals surface area contributed by atoms with Gasteiger partial charge in [0.2, 0.25) is 0 Å². The normalized spacial score (nSPS) is 26.2. The van der Waals surface area contributed by atoms with Crippen LogP contribution in [0.5, 0.6) is 0 Å². The van der Waals surface area contributed by atoms with Crippen LogP contribution in [0, 0.1) is 0 Å². The molecule has 0 aromatic heterocycles. The molecule has 1 fully saturated rings. The van der Waals surface area contributed by atoms with Crippen LogP contribution in [-0.2, 0) is 14.9 Å². The summed E-state index contributed by atoms with van der Waals surface area (Å²) in [6.45, 7) is 1.97. The Hall–Kier alpha value is -2.09. The molecule has 19 heavy (non-hydrogen) atoms. The molecule has 2 aromatic carbocycles. The predicted octanol–water partition coefficient (Wildman–Crippen LogP) is 3.63. The van der Waals surface area contributed by atoms with Gasteiger partial charge in [0.1, 0.15) is 6.10 Å². The van der Waals surface area contributed by atoms with E-state index in [1.54, 1.807) is 0 Å². The monoisotopic (exact) mass is 252 g/mol. The predicted molar refractivity (Wildman–Crippen MR) is 73.7 cm³/mol. The van der Waals surface area contributed by atoms with Gasteiger partial charge >= 0.3 is 5.97 Å². The molecule has 0 N–H and O–H groups in total. The summed E-state index contributed by atoms with van der Waals surface area (Å²) in [5.41, 5.74) is 1.55. The van der Waals surface area contributed by atoms with Crippen molar-refractivity contribution in [2.45, 2.75) is 24.9 Å². The second kappa shape index (κ2) is 4.54. The zero-order valence-corrected chi connectivity index (χ0v) is 10.9. The van der Waals surface area contributed by atoms with Crippen LogP contribution in [0.3, 0.4) is 0 Å². The minimum absolute atomic E-state index is 0.132. The average molecular weight is 252 g/mol. The number of cyclic esters (lactones) is 1. The molecule has 96 valence electrons. The summed E-state index contributed by atoms with van der Waals surface area (Å²) < 4.78 is 5.58. The lowest BCUT2D eigenvalue weighted by molar-refractivity contribution is -0.145. The zero-order chi connectivity index (χ0) is 13.3. The van der Waals surface area contributed by atoms with Crippen molar-refractivity contribution in [1.82, 2.24) is 0 Å². The Labute approximate surface area is 113 Å². The van der Waals surface area contributed by atoms with Gasteiger partial charge in [-0.3, -0.25) is 4.79 Å². The summed E-state index contributed by atoms with van der Waals surface area (Å²) in [4.78, 5) is 12.3. The number of rotatable bonds is 2. The Morgan fingerprint density at radius 3 is 2.21 bits per heavy atom. The number of esters is 1. The first-order valence-electron chi connectivity index (χ1n) is 6.52. The summed E-state index contributed by atoms with van der Waals surface area (Å²) >= 11 is 0. The molecule has 0 spiro atoms.